The van der Waals surface area contributed by atoms with Crippen LogP contribution in [0, 0.1) is 5.82 Å². The number of methoxy groups -OCH3 is 1. The predicted octanol–water partition coefficient (Wildman–Crippen LogP) is 5.29. The molecule has 1 aliphatic carbocycles. The highest BCUT2D eigenvalue weighted by atomic mass is 32.2. The standard InChI is InChI=1S/C32H38FN3O5S/c1-3-30(32(38)34-26-11-6-4-7-12-26)35(22-24-17-19-25(33)20-18-24)31(37)23-36(27-13-10-14-28(21-27)41-2)42(39,40)29-15-8-5-9-16-29/h5,8-10,13-21,26,30H,3-4,6-7,11-12,22-23H2,1-2H3,(H,34,38). The molecule has 0 heterocycles. The third-order valence-corrected chi connectivity index (χ3v) is 9.34. The maximum atomic E-state index is 14.2. The molecule has 0 aliphatic heterocycles. The summed E-state index contributed by atoms with van der Waals surface area (Å²) in [4.78, 5) is 29.2. The lowest BCUT2D eigenvalue weighted by Gasteiger charge is -2.34. The summed E-state index contributed by atoms with van der Waals surface area (Å²) in [5.41, 5.74) is 0.862. The molecule has 0 radical (unpaired) electrons. The van der Waals surface area contributed by atoms with Crippen molar-refractivity contribution in [2.24, 2.45) is 0 Å². The Balaban J connectivity index is 1.70. The molecule has 1 fully saturated rings. The summed E-state index contributed by atoms with van der Waals surface area (Å²) in [6.07, 6.45) is 5.28. The molecule has 10 heteroatoms. The summed E-state index contributed by atoms with van der Waals surface area (Å²) in [5, 5.41) is 3.12. The average Bonchev–Trinajstić information content (AvgIpc) is 3.01. The first kappa shape index (κ1) is 31.0. The van der Waals surface area contributed by atoms with Crippen molar-refractivity contribution in [3.63, 3.8) is 0 Å². The summed E-state index contributed by atoms with van der Waals surface area (Å²) in [6, 6.07) is 19.2. The number of benzene rings is 3. The number of rotatable bonds is 12. The van der Waals surface area contributed by atoms with Crippen LogP contribution in [0.4, 0.5) is 10.1 Å². The number of hydrogen-bond acceptors (Lipinski definition) is 5. The second kappa shape index (κ2) is 14.3. The van der Waals surface area contributed by atoms with Gasteiger partial charge in [-0.25, -0.2) is 12.8 Å². The Kier molecular flexibility index (Phi) is 10.6. The Morgan fingerprint density at radius 3 is 2.31 bits per heavy atom. The molecule has 0 bridgehead atoms. The molecule has 1 unspecified atom stereocenters. The molecule has 1 aliphatic rings. The summed E-state index contributed by atoms with van der Waals surface area (Å²) in [5.74, 6) is -0.836. The first-order chi connectivity index (χ1) is 20.2. The van der Waals surface area contributed by atoms with E-state index < -0.39 is 34.3 Å². The topological polar surface area (TPSA) is 96.0 Å². The maximum Gasteiger partial charge on any atom is 0.264 e. The summed E-state index contributed by atoms with van der Waals surface area (Å²) < 4.78 is 47.9. The number of sulfonamides is 1. The Bertz CT molecular complexity index is 1440. The molecule has 4 rings (SSSR count). The van der Waals surface area contributed by atoms with Crippen LogP contribution in [0.1, 0.15) is 51.0 Å². The maximum absolute atomic E-state index is 14.2. The fourth-order valence-electron chi connectivity index (χ4n) is 5.26. The third kappa shape index (κ3) is 7.67. The fourth-order valence-corrected chi connectivity index (χ4v) is 6.69. The minimum absolute atomic E-state index is 0.00699. The molecule has 0 aromatic heterocycles. The second-order valence-corrected chi connectivity index (χ2v) is 12.3. The molecular formula is C32H38FN3O5S. The number of carbonyl (C=O) groups excluding carboxylic acids is 2. The molecule has 3 aromatic carbocycles. The van der Waals surface area contributed by atoms with Crippen molar-refractivity contribution in [3.8, 4) is 5.75 Å². The van der Waals surface area contributed by atoms with Gasteiger partial charge in [-0.05, 0) is 61.2 Å². The molecule has 2 amide bonds. The third-order valence-electron chi connectivity index (χ3n) is 7.56. The molecule has 1 saturated carbocycles. The van der Waals surface area contributed by atoms with Gasteiger partial charge in [-0.1, -0.05) is 62.6 Å². The van der Waals surface area contributed by atoms with Gasteiger partial charge in [0.2, 0.25) is 11.8 Å². The van der Waals surface area contributed by atoms with Crippen LogP contribution in [0.25, 0.3) is 0 Å². The molecule has 42 heavy (non-hydrogen) atoms. The van der Waals surface area contributed by atoms with Crippen LogP contribution in [0.5, 0.6) is 5.75 Å². The number of amides is 2. The van der Waals surface area contributed by atoms with Crippen LogP contribution in [0.15, 0.2) is 83.8 Å². The molecular weight excluding hydrogens is 557 g/mol. The van der Waals surface area contributed by atoms with Crippen LogP contribution in [0.2, 0.25) is 0 Å². The lowest BCUT2D eigenvalue weighted by Crippen LogP contribution is -2.54. The van der Waals surface area contributed by atoms with Crippen LogP contribution in [-0.2, 0) is 26.2 Å². The van der Waals surface area contributed by atoms with Gasteiger partial charge in [0.25, 0.3) is 10.0 Å². The Morgan fingerprint density at radius 2 is 1.67 bits per heavy atom. The Hall–Kier alpha value is -3.92. The molecule has 8 nitrogen and oxygen atoms in total. The number of nitrogens with zero attached hydrogens (tertiary/aromatic N) is 2. The Morgan fingerprint density at radius 1 is 0.976 bits per heavy atom. The number of halogens is 1. The molecule has 0 spiro atoms. The van der Waals surface area contributed by atoms with E-state index in [4.69, 9.17) is 4.74 Å². The van der Waals surface area contributed by atoms with Gasteiger partial charge in [0, 0.05) is 18.7 Å². The minimum atomic E-state index is -4.18. The van der Waals surface area contributed by atoms with E-state index in [-0.39, 0.29) is 29.1 Å². The smallest absolute Gasteiger partial charge is 0.264 e. The van der Waals surface area contributed by atoms with Crippen molar-refractivity contribution < 1.29 is 27.1 Å². The predicted molar refractivity (Wildman–Crippen MR) is 160 cm³/mol. The van der Waals surface area contributed by atoms with Gasteiger partial charge in [-0.15, -0.1) is 0 Å². The monoisotopic (exact) mass is 595 g/mol. The normalized spacial score (nSPS) is 14.5. The highest BCUT2D eigenvalue weighted by Gasteiger charge is 2.34. The highest BCUT2D eigenvalue weighted by molar-refractivity contribution is 7.92. The molecule has 0 saturated heterocycles. The van der Waals surface area contributed by atoms with Gasteiger partial charge in [-0.3, -0.25) is 13.9 Å². The number of hydrogen-bond donors (Lipinski definition) is 1. The molecule has 1 N–H and O–H groups in total. The highest BCUT2D eigenvalue weighted by Crippen LogP contribution is 2.28. The van der Waals surface area contributed by atoms with E-state index >= 15 is 0 Å². The van der Waals surface area contributed by atoms with E-state index in [0.717, 1.165) is 36.4 Å². The molecule has 3 aromatic rings. The number of ether oxygens (including phenoxy) is 1. The quantitative estimate of drug-likeness (QED) is 0.307. The molecule has 224 valence electrons. The zero-order chi connectivity index (χ0) is 30.1. The number of anilines is 1. The van der Waals surface area contributed by atoms with Crippen molar-refractivity contribution in [2.45, 2.75) is 69.0 Å². The first-order valence-corrected chi connectivity index (χ1v) is 15.7. The lowest BCUT2D eigenvalue weighted by molar-refractivity contribution is -0.140. The summed E-state index contributed by atoms with van der Waals surface area (Å²) in [7, 11) is -2.71. The van der Waals surface area contributed by atoms with Gasteiger partial charge >= 0.3 is 0 Å². The van der Waals surface area contributed by atoms with Gasteiger partial charge in [0.05, 0.1) is 17.7 Å². The van der Waals surface area contributed by atoms with E-state index in [1.54, 1.807) is 54.6 Å². The van der Waals surface area contributed by atoms with Crippen molar-refractivity contribution in [2.75, 3.05) is 18.0 Å². The van der Waals surface area contributed by atoms with Gasteiger partial charge in [-0.2, -0.15) is 0 Å². The van der Waals surface area contributed by atoms with Crippen LogP contribution >= 0.6 is 0 Å². The van der Waals surface area contributed by atoms with Gasteiger partial charge in [0.1, 0.15) is 24.2 Å². The van der Waals surface area contributed by atoms with E-state index in [0.29, 0.717) is 17.7 Å². The van der Waals surface area contributed by atoms with Crippen LogP contribution < -0.4 is 14.4 Å². The zero-order valence-corrected chi connectivity index (χ0v) is 24.9. The van der Waals surface area contributed by atoms with Gasteiger partial charge < -0.3 is 15.0 Å². The van der Waals surface area contributed by atoms with Gasteiger partial charge in [0.15, 0.2) is 0 Å². The summed E-state index contributed by atoms with van der Waals surface area (Å²) >= 11 is 0. The van der Waals surface area contributed by atoms with Crippen molar-refractivity contribution >= 4 is 27.5 Å². The largest absolute Gasteiger partial charge is 0.497 e. The minimum Gasteiger partial charge on any atom is -0.497 e. The van der Waals surface area contributed by atoms with Crippen molar-refractivity contribution in [1.29, 1.82) is 0 Å². The van der Waals surface area contributed by atoms with E-state index in [9.17, 15) is 22.4 Å². The van der Waals surface area contributed by atoms with Crippen molar-refractivity contribution in [3.05, 3.63) is 90.2 Å². The lowest BCUT2D eigenvalue weighted by atomic mass is 9.95. The van der Waals surface area contributed by atoms with Crippen LogP contribution in [0.3, 0.4) is 0 Å². The average molecular weight is 596 g/mol. The summed E-state index contributed by atoms with van der Waals surface area (Å²) in [6.45, 7) is 1.27. The SMILES string of the molecule is CCC(C(=O)NC1CCCCC1)N(Cc1ccc(F)cc1)C(=O)CN(c1cccc(OC)c1)S(=O)(=O)c1ccccc1. The number of carbonyl (C=O) groups is 2. The zero-order valence-electron chi connectivity index (χ0n) is 24.0. The van der Waals surface area contributed by atoms with E-state index in [1.165, 1.54) is 36.3 Å². The molecule has 1 atom stereocenters. The number of nitrogens with one attached hydrogen (secondary N) is 1. The van der Waals surface area contributed by atoms with Crippen molar-refractivity contribution in [1.82, 2.24) is 10.2 Å². The van der Waals surface area contributed by atoms with E-state index in [2.05, 4.69) is 5.32 Å². The van der Waals surface area contributed by atoms with E-state index in [1.807, 2.05) is 6.92 Å². The second-order valence-electron chi connectivity index (χ2n) is 10.4. The Labute approximate surface area is 247 Å². The van der Waals surface area contributed by atoms with Crippen LogP contribution in [-0.4, -0.2) is 50.9 Å². The first-order valence-electron chi connectivity index (χ1n) is 14.3. The fraction of sp³-hybridized carbons (Fsp3) is 0.375.